The molecule has 0 aliphatic heterocycles. The van der Waals surface area contributed by atoms with Crippen molar-refractivity contribution in [1.82, 2.24) is 5.32 Å². The summed E-state index contributed by atoms with van der Waals surface area (Å²) in [7, 11) is 0. The molecule has 4 nitrogen and oxygen atoms in total. The minimum absolute atomic E-state index is 0. The van der Waals surface area contributed by atoms with E-state index in [0.29, 0.717) is 13.0 Å². The van der Waals surface area contributed by atoms with Gasteiger partial charge in [0, 0.05) is 18.4 Å². The number of amides is 1. The summed E-state index contributed by atoms with van der Waals surface area (Å²) in [6, 6.07) is 9.94. The number of furan rings is 1. The smallest absolute Gasteiger partial charge is 0.240 e. The fraction of sp³-hybridized carbons (Fsp3) is 0.438. The molecule has 0 saturated heterocycles. The Bertz CT molecular complexity index is 585. The number of hydrogen-bond acceptors (Lipinski definition) is 3. The van der Waals surface area contributed by atoms with Crippen LogP contribution in [0.3, 0.4) is 0 Å². The van der Waals surface area contributed by atoms with Gasteiger partial charge in [0.25, 0.3) is 0 Å². The topological polar surface area (TPSA) is 68.3 Å². The molecular formula is C16H21ClN2O2. The average Bonchev–Trinajstić information content (AvgIpc) is 3.05. The number of rotatable bonds is 4. The lowest BCUT2D eigenvalue weighted by Crippen LogP contribution is -2.52. The highest BCUT2D eigenvalue weighted by Gasteiger charge is 2.36. The molecule has 1 heterocycles. The molecule has 114 valence electrons. The molecule has 1 aromatic carbocycles. The summed E-state index contributed by atoms with van der Waals surface area (Å²) in [4.78, 5) is 12.1. The number of nitrogens with two attached hydrogens (primary N) is 1. The highest BCUT2D eigenvalue weighted by Crippen LogP contribution is 2.27. The summed E-state index contributed by atoms with van der Waals surface area (Å²) in [5, 5.41) is 4.03. The number of nitrogens with one attached hydrogen (secondary N) is 1. The van der Waals surface area contributed by atoms with E-state index in [0.717, 1.165) is 42.4 Å². The Morgan fingerprint density at radius 2 is 2.00 bits per heavy atom. The maximum atomic E-state index is 12.1. The first-order valence-corrected chi connectivity index (χ1v) is 7.22. The minimum atomic E-state index is -0.645. The Labute approximate surface area is 130 Å². The van der Waals surface area contributed by atoms with Gasteiger partial charge in [-0.1, -0.05) is 31.0 Å². The van der Waals surface area contributed by atoms with E-state index < -0.39 is 5.54 Å². The van der Waals surface area contributed by atoms with E-state index in [-0.39, 0.29) is 18.3 Å². The fourth-order valence-corrected chi connectivity index (χ4v) is 2.87. The molecule has 0 atom stereocenters. The second kappa shape index (κ2) is 6.50. The molecule has 0 spiro atoms. The van der Waals surface area contributed by atoms with Crippen molar-refractivity contribution in [3.8, 4) is 0 Å². The van der Waals surface area contributed by atoms with Crippen LogP contribution in [0.25, 0.3) is 11.0 Å². The average molecular weight is 309 g/mol. The van der Waals surface area contributed by atoms with Crippen LogP contribution in [0.5, 0.6) is 0 Å². The largest absolute Gasteiger partial charge is 0.461 e. The van der Waals surface area contributed by atoms with Crippen molar-refractivity contribution >= 4 is 29.3 Å². The first-order chi connectivity index (χ1) is 9.67. The van der Waals surface area contributed by atoms with Crippen LogP contribution >= 0.6 is 12.4 Å². The second-order valence-corrected chi connectivity index (χ2v) is 5.62. The van der Waals surface area contributed by atoms with Crippen LogP contribution in [0.15, 0.2) is 34.7 Å². The van der Waals surface area contributed by atoms with Crippen molar-refractivity contribution < 1.29 is 9.21 Å². The zero-order chi connectivity index (χ0) is 14.0. The molecule has 21 heavy (non-hydrogen) atoms. The normalized spacial score (nSPS) is 16.6. The van der Waals surface area contributed by atoms with Gasteiger partial charge in [0.15, 0.2) is 0 Å². The number of carbonyl (C=O) groups excluding carboxylic acids is 1. The van der Waals surface area contributed by atoms with Crippen LogP contribution in [-0.4, -0.2) is 18.0 Å². The third-order valence-corrected chi connectivity index (χ3v) is 4.08. The summed E-state index contributed by atoms with van der Waals surface area (Å²) < 4.78 is 5.72. The lowest BCUT2D eigenvalue weighted by atomic mass is 9.98. The molecular weight excluding hydrogens is 288 g/mol. The Hall–Kier alpha value is -1.52. The summed E-state index contributed by atoms with van der Waals surface area (Å²) in [5.74, 6) is 0.870. The summed E-state index contributed by atoms with van der Waals surface area (Å²) in [6.45, 7) is 0.567. The van der Waals surface area contributed by atoms with Crippen LogP contribution in [0, 0.1) is 0 Å². The number of hydrogen-bond donors (Lipinski definition) is 2. The van der Waals surface area contributed by atoms with Gasteiger partial charge in [-0.15, -0.1) is 12.4 Å². The highest BCUT2D eigenvalue weighted by atomic mass is 35.5. The van der Waals surface area contributed by atoms with E-state index >= 15 is 0 Å². The van der Waals surface area contributed by atoms with E-state index in [1.165, 1.54) is 0 Å². The van der Waals surface area contributed by atoms with Crippen molar-refractivity contribution in [1.29, 1.82) is 0 Å². The predicted molar refractivity (Wildman–Crippen MR) is 85.6 cm³/mol. The molecule has 1 aliphatic carbocycles. The molecule has 1 amide bonds. The maximum Gasteiger partial charge on any atom is 0.240 e. The van der Waals surface area contributed by atoms with Gasteiger partial charge >= 0.3 is 0 Å². The first-order valence-electron chi connectivity index (χ1n) is 7.22. The highest BCUT2D eigenvalue weighted by molar-refractivity contribution is 5.86. The van der Waals surface area contributed by atoms with Crippen molar-refractivity contribution in [3.63, 3.8) is 0 Å². The van der Waals surface area contributed by atoms with Gasteiger partial charge in [-0.25, -0.2) is 0 Å². The molecule has 3 N–H and O–H groups in total. The Morgan fingerprint density at radius 3 is 2.71 bits per heavy atom. The summed E-state index contributed by atoms with van der Waals surface area (Å²) >= 11 is 0. The molecule has 1 fully saturated rings. The number of para-hydroxylation sites is 1. The standard InChI is InChI=1S/C16H20N2O2.ClH/c17-16(8-3-4-9-16)15(19)18-10-7-13-11-12-5-1-2-6-14(12)20-13;/h1-2,5-6,11H,3-4,7-10,17H2,(H,18,19);1H. The predicted octanol–water partition coefficient (Wildman–Crippen LogP) is 2.78. The molecule has 1 saturated carbocycles. The Balaban J connectivity index is 0.00000161. The van der Waals surface area contributed by atoms with Gasteiger partial charge in [-0.2, -0.15) is 0 Å². The van der Waals surface area contributed by atoms with Gasteiger partial charge in [-0.05, 0) is 25.0 Å². The van der Waals surface area contributed by atoms with Crippen LogP contribution in [0.2, 0.25) is 0 Å². The van der Waals surface area contributed by atoms with Crippen LogP contribution in [-0.2, 0) is 11.2 Å². The minimum Gasteiger partial charge on any atom is -0.461 e. The number of carbonyl (C=O) groups is 1. The fourth-order valence-electron chi connectivity index (χ4n) is 2.87. The third-order valence-electron chi connectivity index (χ3n) is 4.08. The van der Waals surface area contributed by atoms with Gasteiger partial charge < -0.3 is 15.5 Å². The zero-order valence-corrected chi connectivity index (χ0v) is 12.7. The maximum absolute atomic E-state index is 12.1. The SMILES string of the molecule is Cl.NC1(C(=O)NCCc2cc3ccccc3o2)CCCC1. The molecule has 5 heteroatoms. The van der Waals surface area contributed by atoms with Gasteiger partial charge in [0.2, 0.25) is 5.91 Å². The number of fused-ring (bicyclic) bond motifs is 1. The van der Waals surface area contributed by atoms with Crippen LogP contribution < -0.4 is 11.1 Å². The van der Waals surface area contributed by atoms with E-state index in [1.807, 2.05) is 30.3 Å². The molecule has 1 aromatic heterocycles. The molecule has 0 bridgehead atoms. The zero-order valence-electron chi connectivity index (χ0n) is 11.9. The van der Waals surface area contributed by atoms with Gasteiger partial charge in [0.1, 0.15) is 11.3 Å². The van der Waals surface area contributed by atoms with E-state index in [2.05, 4.69) is 5.32 Å². The Morgan fingerprint density at radius 1 is 1.29 bits per heavy atom. The van der Waals surface area contributed by atoms with Gasteiger partial charge in [-0.3, -0.25) is 4.79 Å². The summed E-state index contributed by atoms with van der Waals surface area (Å²) in [6.07, 6.45) is 4.38. The van der Waals surface area contributed by atoms with Gasteiger partial charge in [0.05, 0.1) is 5.54 Å². The summed E-state index contributed by atoms with van der Waals surface area (Å²) in [5.41, 5.74) is 6.35. The third kappa shape index (κ3) is 3.39. The molecule has 1 aliphatic rings. The van der Waals surface area contributed by atoms with Crippen molar-refractivity contribution in [3.05, 3.63) is 36.1 Å². The van der Waals surface area contributed by atoms with E-state index in [1.54, 1.807) is 0 Å². The molecule has 0 radical (unpaired) electrons. The monoisotopic (exact) mass is 308 g/mol. The molecule has 2 aromatic rings. The van der Waals surface area contributed by atoms with E-state index in [9.17, 15) is 4.79 Å². The Kier molecular flexibility index (Phi) is 4.91. The van der Waals surface area contributed by atoms with Crippen molar-refractivity contribution in [2.75, 3.05) is 6.54 Å². The first kappa shape index (κ1) is 15.9. The van der Waals surface area contributed by atoms with Crippen molar-refractivity contribution in [2.24, 2.45) is 5.73 Å². The molecule has 3 rings (SSSR count). The van der Waals surface area contributed by atoms with Crippen LogP contribution in [0.4, 0.5) is 0 Å². The van der Waals surface area contributed by atoms with Crippen molar-refractivity contribution in [2.45, 2.75) is 37.6 Å². The lowest BCUT2D eigenvalue weighted by Gasteiger charge is -2.21. The molecule has 0 unspecified atom stereocenters. The van der Waals surface area contributed by atoms with Crippen LogP contribution in [0.1, 0.15) is 31.4 Å². The number of benzene rings is 1. The van der Waals surface area contributed by atoms with E-state index in [4.69, 9.17) is 10.2 Å². The quantitative estimate of drug-likeness (QED) is 0.912. The lowest BCUT2D eigenvalue weighted by molar-refractivity contribution is -0.126. The second-order valence-electron chi connectivity index (χ2n) is 5.62. The number of halogens is 1.